The molecule has 7 heteroatoms. The lowest BCUT2D eigenvalue weighted by atomic mass is 10.1. The monoisotopic (exact) mass is 460 g/mol. The van der Waals surface area contributed by atoms with E-state index in [1.165, 1.54) is 6.42 Å². The number of guanidine groups is 1. The Morgan fingerprint density at radius 3 is 2.56 bits per heavy atom. The van der Waals surface area contributed by atoms with Gasteiger partial charge in [0.15, 0.2) is 5.96 Å². The van der Waals surface area contributed by atoms with Gasteiger partial charge in [0.05, 0.1) is 6.54 Å². The van der Waals surface area contributed by atoms with Crippen LogP contribution in [0.4, 0.5) is 0 Å². The number of rotatable bonds is 7. The van der Waals surface area contributed by atoms with Gasteiger partial charge in [0.25, 0.3) is 0 Å². The molecule has 1 aromatic rings. The first-order valence-corrected chi connectivity index (χ1v) is 8.77. The summed E-state index contributed by atoms with van der Waals surface area (Å²) in [4.78, 5) is 18.5. The van der Waals surface area contributed by atoms with Crippen molar-refractivity contribution >= 4 is 35.8 Å². The average Bonchev–Trinajstić information content (AvgIpc) is 2.64. The van der Waals surface area contributed by atoms with Crippen LogP contribution in [0, 0.1) is 0 Å². The second-order valence-corrected chi connectivity index (χ2v) is 5.72. The van der Waals surface area contributed by atoms with Crippen LogP contribution in [0.1, 0.15) is 26.2 Å². The second-order valence-electron chi connectivity index (χ2n) is 5.72. The SMILES string of the molecule is CCNC(=NCC(=O)N1CCCCC1)NCCOc1ccccc1.I. The summed E-state index contributed by atoms with van der Waals surface area (Å²) < 4.78 is 5.63. The van der Waals surface area contributed by atoms with Crippen molar-refractivity contribution in [1.29, 1.82) is 0 Å². The molecular weight excluding hydrogens is 431 g/mol. The molecule has 1 saturated heterocycles. The topological polar surface area (TPSA) is 66.0 Å². The first-order chi connectivity index (χ1) is 11.8. The molecule has 1 aromatic carbocycles. The molecule has 2 N–H and O–H groups in total. The fourth-order valence-corrected chi connectivity index (χ4v) is 2.59. The predicted molar refractivity (Wildman–Crippen MR) is 112 cm³/mol. The molecule has 1 amide bonds. The molecule has 0 atom stereocenters. The first-order valence-electron chi connectivity index (χ1n) is 8.77. The van der Waals surface area contributed by atoms with Gasteiger partial charge in [-0.05, 0) is 38.3 Å². The van der Waals surface area contributed by atoms with Gasteiger partial charge in [-0.1, -0.05) is 18.2 Å². The maximum atomic E-state index is 12.2. The summed E-state index contributed by atoms with van der Waals surface area (Å²) in [6, 6.07) is 9.70. The third-order valence-corrected chi connectivity index (χ3v) is 3.83. The molecule has 1 aliphatic rings. The molecule has 0 radical (unpaired) electrons. The zero-order chi connectivity index (χ0) is 17.0. The lowest BCUT2D eigenvalue weighted by molar-refractivity contribution is -0.130. The Balaban J connectivity index is 0.00000312. The van der Waals surface area contributed by atoms with Crippen molar-refractivity contribution in [3.05, 3.63) is 30.3 Å². The number of halogens is 1. The van der Waals surface area contributed by atoms with Crippen LogP contribution in [-0.4, -0.2) is 56.1 Å². The highest BCUT2D eigenvalue weighted by Crippen LogP contribution is 2.09. The maximum absolute atomic E-state index is 12.2. The van der Waals surface area contributed by atoms with Gasteiger partial charge in [-0.2, -0.15) is 0 Å². The Morgan fingerprint density at radius 2 is 1.88 bits per heavy atom. The third-order valence-electron chi connectivity index (χ3n) is 3.83. The molecule has 0 unspecified atom stereocenters. The van der Waals surface area contributed by atoms with Crippen molar-refractivity contribution in [2.45, 2.75) is 26.2 Å². The highest BCUT2D eigenvalue weighted by molar-refractivity contribution is 14.0. The number of nitrogens with one attached hydrogen (secondary N) is 2. The zero-order valence-corrected chi connectivity index (χ0v) is 17.2. The van der Waals surface area contributed by atoms with Crippen LogP contribution < -0.4 is 15.4 Å². The number of likely N-dealkylation sites (tertiary alicyclic amines) is 1. The number of ether oxygens (including phenoxy) is 1. The van der Waals surface area contributed by atoms with Crippen LogP contribution >= 0.6 is 24.0 Å². The number of carbonyl (C=O) groups is 1. The highest BCUT2D eigenvalue weighted by Gasteiger charge is 2.15. The van der Waals surface area contributed by atoms with E-state index in [4.69, 9.17) is 4.74 Å². The summed E-state index contributed by atoms with van der Waals surface area (Å²) in [6.45, 7) is 5.84. The van der Waals surface area contributed by atoms with E-state index >= 15 is 0 Å². The molecule has 0 saturated carbocycles. The van der Waals surface area contributed by atoms with Crippen molar-refractivity contribution in [2.24, 2.45) is 4.99 Å². The van der Waals surface area contributed by atoms with E-state index in [0.29, 0.717) is 19.1 Å². The summed E-state index contributed by atoms with van der Waals surface area (Å²) in [5, 5.41) is 6.34. The number of piperidine rings is 1. The van der Waals surface area contributed by atoms with E-state index in [1.807, 2.05) is 42.2 Å². The smallest absolute Gasteiger partial charge is 0.244 e. The van der Waals surface area contributed by atoms with Gasteiger partial charge in [0.2, 0.25) is 5.91 Å². The second kappa shape index (κ2) is 12.8. The predicted octanol–water partition coefficient (Wildman–Crippen LogP) is 2.25. The number of benzene rings is 1. The Hall–Kier alpha value is -1.51. The average molecular weight is 460 g/mol. The number of hydrogen-bond acceptors (Lipinski definition) is 3. The van der Waals surface area contributed by atoms with Gasteiger partial charge in [0.1, 0.15) is 18.9 Å². The molecule has 0 bridgehead atoms. The highest BCUT2D eigenvalue weighted by atomic mass is 127. The fraction of sp³-hybridized carbons (Fsp3) is 0.556. The van der Waals surface area contributed by atoms with Gasteiger partial charge in [-0.3, -0.25) is 4.79 Å². The molecule has 1 fully saturated rings. The summed E-state index contributed by atoms with van der Waals surface area (Å²) >= 11 is 0. The lowest BCUT2D eigenvalue weighted by Gasteiger charge is -2.26. The molecule has 0 aromatic heterocycles. The minimum atomic E-state index is 0. The molecule has 1 aliphatic heterocycles. The Labute approximate surface area is 167 Å². The minimum Gasteiger partial charge on any atom is -0.492 e. The van der Waals surface area contributed by atoms with E-state index < -0.39 is 0 Å². The van der Waals surface area contributed by atoms with Crippen molar-refractivity contribution < 1.29 is 9.53 Å². The molecule has 0 spiro atoms. The Kier molecular flexibility index (Phi) is 11.0. The number of para-hydroxylation sites is 1. The van der Waals surface area contributed by atoms with Crippen molar-refractivity contribution in [2.75, 3.05) is 39.3 Å². The summed E-state index contributed by atoms with van der Waals surface area (Å²) in [7, 11) is 0. The maximum Gasteiger partial charge on any atom is 0.244 e. The van der Waals surface area contributed by atoms with E-state index in [0.717, 1.165) is 38.2 Å². The van der Waals surface area contributed by atoms with Crippen molar-refractivity contribution in [3.63, 3.8) is 0 Å². The summed E-state index contributed by atoms with van der Waals surface area (Å²) in [6.07, 6.45) is 3.42. The summed E-state index contributed by atoms with van der Waals surface area (Å²) in [5.74, 6) is 1.61. The number of nitrogens with zero attached hydrogens (tertiary/aromatic N) is 2. The van der Waals surface area contributed by atoms with Gasteiger partial charge in [-0.25, -0.2) is 4.99 Å². The van der Waals surface area contributed by atoms with E-state index in [-0.39, 0.29) is 36.4 Å². The van der Waals surface area contributed by atoms with E-state index in [2.05, 4.69) is 15.6 Å². The largest absolute Gasteiger partial charge is 0.492 e. The van der Waals surface area contributed by atoms with Crippen LogP contribution in [0.5, 0.6) is 5.75 Å². The standard InChI is InChI=1S/C18H28N4O2.HI/c1-2-19-18(20-11-14-24-16-9-5-3-6-10-16)21-15-17(23)22-12-7-4-8-13-22;/h3,5-6,9-10H,2,4,7-8,11-15H2,1H3,(H2,19,20,21);1H. The van der Waals surface area contributed by atoms with Crippen LogP contribution in [-0.2, 0) is 4.79 Å². The van der Waals surface area contributed by atoms with Crippen LogP contribution in [0.3, 0.4) is 0 Å². The van der Waals surface area contributed by atoms with Crippen LogP contribution in [0.15, 0.2) is 35.3 Å². The lowest BCUT2D eigenvalue weighted by Crippen LogP contribution is -2.41. The molecule has 2 rings (SSSR count). The Morgan fingerprint density at radius 1 is 1.16 bits per heavy atom. The molecule has 25 heavy (non-hydrogen) atoms. The molecular formula is C18H29IN4O2. The van der Waals surface area contributed by atoms with E-state index in [9.17, 15) is 4.79 Å². The van der Waals surface area contributed by atoms with Gasteiger partial charge >= 0.3 is 0 Å². The fourth-order valence-electron chi connectivity index (χ4n) is 2.59. The Bertz CT molecular complexity index is 519. The first kappa shape index (κ1) is 21.5. The van der Waals surface area contributed by atoms with Crippen molar-refractivity contribution in [3.8, 4) is 5.75 Å². The van der Waals surface area contributed by atoms with E-state index in [1.54, 1.807) is 0 Å². The minimum absolute atomic E-state index is 0. The molecule has 1 heterocycles. The van der Waals surface area contributed by atoms with Gasteiger partial charge < -0.3 is 20.3 Å². The van der Waals surface area contributed by atoms with Crippen LogP contribution in [0.2, 0.25) is 0 Å². The number of carbonyl (C=O) groups excluding carboxylic acids is 1. The number of amides is 1. The van der Waals surface area contributed by atoms with Gasteiger partial charge in [-0.15, -0.1) is 24.0 Å². The molecule has 6 nitrogen and oxygen atoms in total. The normalized spacial score (nSPS) is 14.4. The quantitative estimate of drug-likeness (QED) is 0.284. The van der Waals surface area contributed by atoms with Crippen molar-refractivity contribution in [1.82, 2.24) is 15.5 Å². The van der Waals surface area contributed by atoms with Gasteiger partial charge in [0, 0.05) is 19.6 Å². The zero-order valence-electron chi connectivity index (χ0n) is 14.9. The summed E-state index contributed by atoms with van der Waals surface area (Å²) in [5.41, 5.74) is 0. The molecule has 140 valence electrons. The molecule has 0 aliphatic carbocycles. The third kappa shape index (κ3) is 8.42. The number of hydrogen-bond donors (Lipinski definition) is 2. The van der Waals surface area contributed by atoms with Crippen LogP contribution in [0.25, 0.3) is 0 Å². The number of aliphatic imine (C=N–C) groups is 1.